The summed E-state index contributed by atoms with van der Waals surface area (Å²) in [6.45, 7) is 3.65. The maximum atomic E-state index is 12.5. The minimum absolute atomic E-state index is 0.0139. The fraction of sp³-hybridized carbons (Fsp3) is 0.250. The number of nitriles is 1. The van der Waals surface area contributed by atoms with E-state index in [-0.39, 0.29) is 18.4 Å². The highest BCUT2D eigenvalue weighted by Crippen LogP contribution is 2.13. The summed E-state index contributed by atoms with van der Waals surface area (Å²) in [6.07, 6.45) is 0. The molecule has 134 valence electrons. The second-order valence-corrected chi connectivity index (χ2v) is 6.99. The van der Waals surface area contributed by atoms with Gasteiger partial charge in [-0.2, -0.15) is 5.26 Å². The van der Waals surface area contributed by atoms with Crippen LogP contribution in [0.4, 0.5) is 0 Å². The van der Waals surface area contributed by atoms with Crippen LogP contribution in [-0.4, -0.2) is 17.9 Å². The summed E-state index contributed by atoms with van der Waals surface area (Å²) in [7, 11) is 0. The van der Waals surface area contributed by atoms with Crippen LogP contribution in [-0.2, 0) is 16.1 Å². The molecule has 6 heteroatoms. The first-order valence-electron chi connectivity index (χ1n) is 8.13. The van der Waals surface area contributed by atoms with Gasteiger partial charge in [0.15, 0.2) is 0 Å². The first kappa shape index (κ1) is 19.7. The lowest BCUT2D eigenvalue weighted by Crippen LogP contribution is -2.45. The first-order valence-corrected chi connectivity index (χ1v) is 8.92. The van der Waals surface area contributed by atoms with Gasteiger partial charge in [-0.15, -0.1) is 0 Å². The molecule has 5 nitrogen and oxygen atoms in total. The lowest BCUT2D eigenvalue weighted by molar-refractivity contribution is -0.148. The smallest absolute Gasteiger partial charge is 0.329 e. The van der Waals surface area contributed by atoms with Crippen molar-refractivity contribution in [1.29, 1.82) is 5.26 Å². The third-order valence-electron chi connectivity index (χ3n) is 3.82. The lowest BCUT2D eigenvalue weighted by atomic mass is 10.0. The lowest BCUT2D eigenvalue weighted by Gasteiger charge is -2.21. The monoisotopic (exact) mass is 414 g/mol. The third kappa shape index (κ3) is 5.17. The van der Waals surface area contributed by atoms with Gasteiger partial charge >= 0.3 is 5.97 Å². The molecule has 26 heavy (non-hydrogen) atoms. The average molecular weight is 415 g/mol. The Kier molecular flexibility index (Phi) is 6.93. The summed E-state index contributed by atoms with van der Waals surface area (Å²) in [5, 5.41) is 11.8. The number of benzene rings is 2. The number of amides is 1. The molecule has 1 N–H and O–H groups in total. The second kappa shape index (κ2) is 9.16. The van der Waals surface area contributed by atoms with E-state index < -0.39 is 12.0 Å². The van der Waals surface area contributed by atoms with Crippen molar-refractivity contribution in [2.24, 2.45) is 5.92 Å². The quantitative estimate of drug-likeness (QED) is 0.728. The molecule has 0 spiro atoms. The maximum Gasteiger partial charge on any atom is 0.329 e. The van der Waals surface area contributed by atoms with Crippen LogP contribution >= 0.6 is 15.9 Å². The van der Waals surface area contributed by atoms with Crippen LogP contribution in [0.25, 0.3) is 0 Å². The molecule has 0 radical (unpaired) electrons. The largest absolute Gasteiger partial charge is 0.459 e. The Morgan fingerprint density at radius 2 is 1.81 bits per heavy atom. The zero-order chi connectivity index (χ0) is 19.1. The summed E-state index contributed by atoms with van der Waals surface area (Å²) >= 11 is 3.32. The highest BCUT2D eigenvalue weighted by molar-refractivity contribution is 9.10. The van der Waals surface area contributed by atoms with Crippen LogP contribution in [0.3, 0.4) is 0 Å². The van der Waals surface area contributed by atoms with E-state index in [0.717, 1.165) is 4.47 Å². The maximum absolute atomic E-state index is 12.5. The first-order chi connectivity index (χ1) is 12.4. The Balaban J connectivity index is 2.04. The zero-order valence-electron chi connectivity index (χ0n) is 14.5. The van der Waals surface area contributed by atoms with Crippen LogP contribution in [0, 0.1) is 17.2 Å². The number of nitrogens with zero attached hydrogens (tertiary/aromatic N) is 1. The zero-order valence-corrected chi connectivity index (χ0v) is 16.1. The van der Waals surface area contributed by atoms with Crippen LogP contribution < -0.4 is 5.32 Å². The van der Waals surface area contributed by atoms with Gasteiger partial charge in [-0.3, -0.25) is 4.79 Å². The number of hydrogen-bond acceptors (Lipinski definition) is 4. The minimum Gasteiger partial charge on any atom is -0.459 e. The van der Waals surface area contributed by atoms with Gasteiger partial charge in [0.25, 0.3) is 5.91 Å². The van der Waals surface area contributed by atoms with Crippen LogP contribution in [0.15, 0.2) is 53.0 Å². The van der Waals surface area contributed by atoms with E-state index in [4.69, 9.17) is 10.00 Å². The molecule has 0 saturated heterocycles. The Bertz CT molecular complexity index is 826. The van der Waals surface area contributed by atoms with E-state index in [1.165, 1.54) is 0 Å². The predicted octanol–water partition coefficient (Wildman–Crippen LogP) is 3.82. The van der Waals surface area contributed by atoms with Gasteiger partial charge in [0.1, 0.15) is 12.6 Å². The normalized spacial score (nSPS) is 11.5. The van der Waals surface area contributed by atoms with Gasteiger partial charge in [0, 0.05) is 15.6 Å². The molecule has 1 atom stereocenters. The van der Waals surface area contributed by atoms with E-state index in [9.17, 15) is 9.59 Å². The number of carbonyl (C=O) groups excluding carboxylic acids is 2. The summed E-state index contributed by atoms with van der Waals surface area (Å²) in [5.74, 6) is -1.02. The van der Waals surface area contributed by atoms with Crippen LogP contribution in [0.1, 0.15) is 35.3 Å². The van der Waals surface area contributed by atoms with Crippen molar-refractivity contribution in [2.45, 2.75) is 26.5 Å². The number of ether oxygens (including phenoxy) is 1. The average Bonchev–Trinajstić information content (AvgIpc) is 2.64. The van der Waals surface area contributed by atoms with Gasteiger partial charge in [-0.1, -0.05) is 48.0 Å². The van der Waals surface area contributed by atoms with Gasteiger partial charge < -0.3 is 10.1 Å². The molecular weight excluding hydrogens is 396 g/mol. The highest BCUT2D eigenvalue weighted by atomic mass is 79.9. The molecule has 0 aliphatic carbocycles. The molecule has 0 aliphatic rings. The van der Waals surface area contributed by atoms with E-state index >= 15 is 0 Å². The Labute approximate surface area is 161 Å². The highest BCUT2D eigenvalue weighted by Gasteiger charge is 2.26. The predicted molar refractivity (Wildman–Crippen MR) is 101 cm³/mol. The molecule has 0 bridgehead atoms. The number of carbonyl (C=O) groups is 2. The van der Waals surface area contributed by atoms with E-state index in [1.54, 1.807) is 48.5 Å². The Morgan fingerprint density at radius 1 is 1.15 bits per heavy atom. The van der Waals surface area contributed by atoms with Crippen molar-refractivity contribution >= 4 is 27.8 Å². The molecule has 1 amide bonds. The number of rotatable bonds is 6. The number of esters is 1. The SMILES string of the molecule is CC(C)[C@H](NC(=O)c1ccc(Br)cc1)C(=O)OCc1ccccc1C#N. The summed E-state index contributed by atoms with van der Waals surface area (Å²) in [5.41, 5.74) is 1.55. The summed E-state index contributed by atoms with van der Waals surface area (Å²) in [6, 6.07) is 15.1. The summed E-state index contributed by atoms with van der Waals surface area (Å²) in [4.78, 5) is 24.8. The number of nitrogens with one attached hydrogen (secondary N) is 1. The second-order valence-electron chi connectivity index (χ2n) is 6.08. The van der Waals surface area contributed by atoms with Gasteiger partial charge in [0.2, 0.25) is 0 Å². The number of hydrogen-bond donors (Lipinski definition) is 1. The van der Waals surface area contributed by atoms with Crippen LogP contribution in [0.5, 0.6) is 0 Å². The molecule has 0 saturated carbocycles. The van der Waals surface area contributed by atoms with Gasteiger partial charge in [-0.05, 0) is 36.2 Å². The van der Waals surface area contributed by atoms with E-state index in [1.807, 2.05) is 13.8 Å². The molecule has 0 aromatic heterocycles. The van der Waals surface area contributed by atoms with Crippen molar-refractivity contribution in [1.82, 2.24) is 5.32 Å². The van der Waals surface area contributed by atoms with Gasteiger partial charge in [0.05, 0.1) is 11.6 Å². The Morgan fingerprint density at radius 3 is 2.42 bits per heavy atom. The van der Waals surface area contributed by atoms with Crippen molar-refractivity contribution in [3.63, 3.8) is 0 Å². The van der Waals surface area contributed by atoms with Crippen LogP contribution in [0.2, 0.25) is 0 Å². The topological polar surface area (TPSA) is 79.2 Å². The molecular formula is C20H19BrN2O3. The van der Waals surface area contributed by atoms with Crippen molar-refractivity contribution < 1.29 is 14.3 Å². The molecule has 0 aliphatic heterocycles. The minimum atomic E-state index is -0.777. The fourth-order valence-electron chi connectivity index (χ4n) is 2.32. The van der Waals surface area contributed by atoms with E-state index in [0.29, 0.717) is 16.7 Å². The standard InChI is InChI=1S/C20H19BrN2O3/c1-13(2)18(23-19(24)14-7-9-17(21)10-8-14)20(25)26-12-16-6-4-3-5-15(16)11-22/h3-10,13,18H,12H2,1-2H3,(H,23,24)/t18-/m0/s1. The van der Waals surface area contributed by atoms with E-state index in [2.05, 4.69) is 27.3 Å². The molecule has 2 rings (SSSR count). The molecule has 0 unspecified atom stereocenters. The van der Waals surface area contributed by atoms with Crippen molar-refractivity contribution in [3.8, 4) is 6.07 Å². The van der Waals surface area contributed by atoms with Crippen molar-refractivity contribution in [3.05, 3.63) is 69.7 Å². The molecule has 2 aromatic rings. The number of halogens is 1. The molecule has 0 heterocycles. The summed E-state index contributed by atoms with van der Waals surface area (Å²) < 4.78 is 6.20. The fourth-order valence-corrected chi connectivity index (χ4v) is 2.58. The van der Waals surface area contributed by atoms with Crippen molar-refractivity contribution in [2.75, 3.05) is 0 Å². The molecule has 0 fully saturated rings. The van der Waals surface area contributed by atoms with Gasteiger partial charge in [-0.25, -0.2) is 4.79 Å². The molecule has 2 aromatic carbocycles. The Hall–Kier alpha value is -2.65. The third-order valence-corrected chi connectivity index (χ3v) is 4.35.